The molecule has 4 aromatic heterocycles. The van der Waals surface area contributed by atoms with Gasteiger partial charge in [-0.2, -0.15) is 23.2 Å². The molecule has 0 bridgehead atoms. The Morgan fingerprint density at radius 3 is 1.82 bits per heavy atom. The monoisotopic (exact) mass is 1490 g/mol. The van der Waals surface area contributed by atoms with Crippen LogP contribution >= 0.6 is 24.4 Å². The lowest BCUT2D eigenvalue weighted by atomic mass is 10.1. The topological polar surface area (TPSA) is 388 Å². The Labute approximate surface area is 607 Å². The number of carbonyl (C=O) groups excluding carboxylic acids is 3. The molecule has 104 heavy (non-hydrogen) atoms. The summed E-state index contributed by atoms with van der Waals surface area (Å²) < 4.78 is 74.3. The number of nitrogens with zero attached hydrogens (tertiary/aromatic N) is 12. The van der Waals surface area contributed by atoms with E-state index in [9.17, 15) is 41.4 Å². The van der Waals surface area contributed by atoms with E-state index in [0.717, 1.165) is 24.8 Å². The zero-order valence-corrected chi connectivity index (χ0v) is 59.8. The Morgan fingerprint density at radius 1 is 0.596 bits per heavy atom. The minimum Gasteiger partial charge on any atom is -0.493 e. The van der Waals surface area contributed by atoms with E-state index < -0.39 is 38.0 Å². The third-order valence-corrected chi connectivity index (χ3v) is 19.4. The number of aromatic nitrogens is 10. The first-order valence-corrected chi connectivity index (χ1v) is 36.0. The first-order chi connectivity index (χ1) is 50.1. The summed E-state index contributed by atoms with van der Waals surface area (Å²) in [7, 11) is -8.29. The number of hydrazine groups is 2. The molecule has 10 N–H and O–H groups in total. The maximum atomic E-state index is 13.7. The number of sulfonamides is 2. The number of benzene rings is 6. The van der Waals surface area contributed by atoms with Gasteiger partial charge in [-0.3, -0.25) is 34.9 Å². The summed E-state index contributed by atoms with van der Waals surface area (Å²) in [5.41, 5.74) is 19.6. The van der Waals surface area contributed by atoms with Crippen molar-refractivity contribution in [3.05, 3.63) is 225 Å². The third kappa shape index (κ3) is 20.5. The average Bonchev–Trinajstić information content (AvgIpc) is 0.864. The standard InChI is InChI=1S/C68H72N20O12S4/c1-46-23-33-58(104(96,97)77-55-31-27-53(28-32-55)74-82-100-62(91)43-85-67(101)87(80-78-85)56-19-9-7-10-20-56)48(3)63(46)71-60(89)41-83-37-15-17-50(39-83)44-99-70-36-14-6-5-13-35-69-65(92)51-18-16-38-84(40-51)42-61(90)72-64-47(2)24-34-59(49(64)4)103(94,95)76-54-29-25-52(26-30-54)73-75-66(93)98-45-86-68(102)88(81-79-86)57-21-11-8-12-22-57/h7-12,15-34,37-40,70,82H,5-6,13-14,35-36,41-45H2,1-4H3,(H6-2,69,71,72,73,74,75,76,77,78,79,80,81,89,90,92,93)/p+2. The van der Waals surface area contributed by atoms with Crippen LogP contribution in [0.2, 0.25) is 0 Å². The number of aliphatic imine (C=N–C) groups is 2. The Hall–Kier alpha value is -11.7. The van der Waals surface area contributed by atoms with Crippen molar-refractivity contribution < 1.29 is 65.0 Å². The number of hydroxylamine groups is 1. The molecule has 6 aromatic carbocycles. The van der Waals surface area contributed by atoms with Crippen molar-refractivity contribution in [2.45, 2.75) is 96.1 Å². The lowest BCUT2D eigenvalue weighted by molar-refractivity contribution is -0.684. The fourth-order valence-electron chi connectivity index (χ4n) is 10.4. The smallest absolute Gasteiger partial charge is 0.427 e. The molecule has 10 aromatic rings. The van der Waals surface area contributed by atoms with Gasteiger partial charge in [0.2, 0.25) is 28.5 Å². The number of aryl methyl sites for hydroxylation is 2. The SMILES string of the molecule is Cc1ccc(S(=O)(=O)Nc2ccc(NNOC(=O)Cn3nnn(-c4ccccc4)c3=S)cc2)c(C)c1N=C(O)C[n+]1cccc(CONCCCCCCN=C(O)c2ccc[n+](CC(=O)Nc3c(C)ccc(S(=O)(=O)Nc4ccc(NNC(=O)OCn5nnn(-c6ccccc6)c5=S)cc4)c3C)c2)c1. The molecule has 0 aliphatic carbocycles. The highest BCUT2D eigenvalue weighted by Crippen LogP contribution is 2.32. The summed E-state index contributed by atoms with van der Waals surface area (Å²) in [6.07, 6.45) is 9.23. The van der Waals surface area contributed by atoms with Gasteiger partial charge in [-0.1, -0.05) is 67.0 Å². The van der Waals surface area contributed by atoms with Crippen LogP contribution in [0.15, 0.2) is 202 Å². The van der Waals surface area contributed by atoms with Gasteiger partial charge in [0.25, 0.3) is 31.9 Å². The van der Waals surface area contributed by atoms with E-state index in [1.807, 2.05) is 48.5 Å². The summed E-state index contributed by atoms with van der Waals surface area (Å²) in [6.45, 7) is 7.14. The molecule has 0 spiro atoms. The maximum absolute atomic E-state index is 13.7. The quantitative estimate of drug-likeness (QED) is 0.00450. The second-order valence-electron chi connectivity index (χ2n) is 23.3. The van der Waals surface area contributed by atoms with Crippen LogP contribution in [0.1, 0.15) is 59.1 Å². The predicted octanol–water partition coefficient (Wildman–Crippen LogP) is 8.62. The van der Waals surface area contributed by atoms with E-state index >= 15 is 0 Å². The van der Waals surface area contributed by atoms with Crippen molar-refractivity contribution >= 4 is 108 Å². The van der Waals surface area contributed by atoms with Crippen LogP contribution in [0.3, 0.4) is 0 Å². The van der Waals surface area contributed by atoms with E-state index in [2.05, 4.69) is 72.9 Å². The lowest BCUT2D eigenvalue weighted by Gasteiger charge is -2.16. The van der Waals surface area contributed by atoms with Gasteiger partial charge in [0.05, 0.1) is 50.4 Å². The number of rotatable bonds is 34. The summed E-state index contributed by atoms with van der Waals surface area (Å²) >= 11 is 10.8. The van der Waals surface area contributed by atoms with Crippen LogP contribution in [-0.2, 0) is 77.0 Å². The van der Waals surface area contributed by atoms with E-state index in [1.54, 1.807) is 122 Å². The number of carbonyl (C=O) groups is 3. The summed E-state index contributed by atoms with van der Waals surface area (Å²) in [5.74, 6) is -1.58. The number of hydrogen-bond acceptors (Lipinski definition) is 22. The summed E-state index contributed by atoms with van der Waals surface area (Å²) in [6, 6.07) is 43.6. The fourth-order valence-corrected chi connectivity index (χ4v) is 13.4. The Balaban J connectivity index is 0.601. The normalized spacial score (nSPS) is 11.8. The largest absolute Gasteiger partial charge is 0.493 e. The number of tetrazole rings is 2. The number of unbranched alkanes of at least 4 members (excludes halogenated alkanes) is 3. The van der Waals surface area contributed by atoms with Gasteiger partial charge in [0.1, 0.15) is 6.54 Å². The molecule has 0 aliphatic heterocycles. The second-order valence-corrected chi connectivity index (χ2v) is 27.3. The van der Waals surface area contributed by atoms with Crippen molar-refractivity contribution in [3.8, 4) is 11.4 Å². The predicted molar refractivity (Wildman–Crippen MR) is 390 cm³/mol. The van der Waals surface area contributed by atoms with Crippen molar-refractivity contribution in [3.63, 3.8) is 0 Å². The van der Waals surface area contributed by atoms with Crippen molar-refractivity contribution in [1.82, 2.24) is 56.1 Å². The highest BCUT2D eigenvalue weighted by Gasteiger charge is 2.25. The zero-order chi connectivity index (χ0) is 73.8. The molecule has 36 heteroatoms. The molecule has 0 aliphatic rings. The molecule has 0 unspecified atom stereocenters. The van der Waals surface area contributed by atoms with Gasteiger partial charge in [-0.05, 0) is 205 Å². The molecule has 0 saturated heterocycles. The van der Waals surface area contributed by atoms with Gasteiger partial charge in [0, 0.05) is 47.8 Å². The van der Waals surface area contributed by atoms with Crippen molar-refractivity contribution in [2.75, 3.05) is 38.7 Å². The number of hydrogen-bond donors (Lipinski definition) is 10. The minimum atomic E-state index is -4.16. The Morgan fingerprint density at radius 2 is 1.16 bits per heavy atom. The lowest BCUT2D eigenvalue weighted by Crippen LogP contribution is -2.40. The van der Waals surface area contributed by atoms with E-state index in [0.29, 0.717) is 81.5 Å². The first-order valence-electron chi connectivity index (χ1n) is 32.2. The van der Waals surface area contributed by atoms with Crippen LogP contribution in [0.25, 0.3) is 11.4 Å². The number of aliphatic hydroxyl groups is 2. The van der Waals surface area contributed by atoms with Crippen LogP contribution < -0.4 is 51.2 Å². The van der Waals surface area contributed by atoms with Crippen LogP contribution in [-0.4, -0.2) is 109 Å². The molecule has 10 rings (SSSR count). The van der Waals surface area contributed by atoms with Gasteiger partial charge in [0.15, 0.2) is 31.5 Å². The second kappa shape index (κ2) is 35.3. The van der Waals surface area contributed by atoms with Gasteiger partial charge in [-0.15, -0.1) is 0 Å². The average molecular weight is 1490 g/mol. The van der Waals surface area contributed by atoms with Crippen LogP contribution in [0, 0.1) is 37.2 Å². The molecule has 0 atom stereocenters. The molecule has 32 nitrogen and oxygen atoms in total. The zero-order valence-electron chi connectivity index (χ0n) is 56.6. The number of nitrogens with one attached hydrogen (secondary N) is 8. The van der Waals surface area contributed by atoms with Crippen molar-refractivity contribution in [1.29, 1.82) is 0 Å². The summed E-state index contributed by atoms with van der Waals surface area (Å²) in [5, 5.41) is 40.7. The first kappa shape index (κ1) is 75.0. The number of aliphatic hydroxyl groups excluding tert-OH is 2. The Bertz CT molecular complexity index is 5120. The molecule has 2 amide bonds. The van der Waals surface area contributed by atoms with E-state index in [-0.39, 0.29) is 75.5 Å². The maximum Gasteiger partial charge on any atom is 0.427 e. The molecular weight excluding hydrogens is 1420 g/mol. The van der Waals surface area contributed by atoms with Crippen LogP contribution in [0.5, 0.6) is 0 Å². The summed E-state index contributed by atoms with van der Waals surface area (Å²) in [4.78, 5) is 57.9. The molecule has 4 heterocycles. The third-order valence-electron chi connectivity index (χ3n) is 15.6. The minimum absolute atomic E-state index is 0.00960. The van der Waals surface area contributed by atoms with E-state index in [1.165, 1.54) is 67.3 Å². The highest BCUT2D eigenvalue weighted by atomic mass is 32.2. The van der Waals surface area contributed by atoms with Gasteiger partial charge in [-0.25, -0.2) is 47.0 Å². The number of amides is 2. The molecular formula is C68H74N20O12S4+2. The highest BCUT2D eigenvalue weighted by molar-refractivity contribution is 7.93. The number of para-hydroxylation sites is 2. The van der Waals surface area contributed by atoms with E-state index in [4.69, 9.17) is 38.8 Å². The molecule has 540 valence electrons. The van der Waals surface area contributed by atoms with Crippen molar-refractivity contribution in [2.24, 2.45) is 9.98 Å². The van der Waals surface area contributed by atoms with Crippen LogP contribution in [0.4, 0.5) is 38.9 Å². The molecule has 0 fully saturated rings. The van der Waals surface area contributed by atoms with Gasteiger partial charge < -0.3 is 25.1 Å². The molecule has 0 radical (unpaired) electrons. The van der Waals surface area contributed by atoms with Gasteiger partial charge >= 0.3 is 12.1 Å². The number of anilines is 5. The fraction of sp³-hybridized carbons (Fsp3) is 0.221. The molecule has 0 saturated carbocycles. The Kier molecular flexibility index (Phi) is 25.4. The number of pyridine rings is 2. The number of ether oxygens (including phenoxy) is 1.